The lowest BCUT2D eigenvalue weighted by Gasteiger charge is -2.42. The van der Waals surface area contributed by atoms with Crippen LogP contribution >= 0.6 is 11.6 Å². The number of anilines is 1. The van der Waals surface area contributed by atoms with Gasteiger partial charge in [-0.15, -0.1) is 0 Å². The number of carbonyl (C=O) groups excluding carboxylic acids is 1. The SMILES string of the molecule is C[C@]1(N2CCC(c3cc4cc(NC(=O)[C@@H]5CC56CCOCC6)ncc4cc3Cl)CC2)CO[C@@H](C2CC2)C1. The van der Waals surface area contributed by atoms with E-state index >= 15 is 0 Å². The summed E-state index contributed by atoms with van der Waals surface area (Å²) in [5, 5.41) is 6.03. The lowest BCUT2D eigenvalue weighted by molar-refractivity contribution is -0.118. The quantitative estimate of drug-likeness (QED) is 0.538. The highest BCUT2D eigenvalue weighted by Gasteiger charge is 2.58. The Morgan fingerprint density at radius 1 is 1.08 bits per heavy atom. The number of carbonyl (C=O) groups is 1. The molecule has 0 bridgehead atoms. The maximum Gasteiger partial charge on any atom is 0.229 e. The van der Waals surface area contributed by atoms with Crippen LogP contribution in [-0.2, 0) is 14.3 Å². The number of pyridine rings is 1. The predicted octanol–water partition coefficient (Wildman–Crippen LogP) is 5.78. The van der Waals surface area contributed by atoms with Crippen LogP contribution in [0.3, 0.4) is 0 Å². The van der Waals surface area contributed by atoms with E-state index in [4.69, 9.17) is 21.1 Å². The third kappa shape index (κ3) is 4.58. The minimum absolute atomic E-state index is 0.0894. The molecule has 2 saturated carbocycles. The topological polar surface area (TPSA) is 63.7 Å². The number of fused-ring (bicyclic) bond motifs is 1. The Kier molecular flexibility index (Phi) is 6.04. The van der Waals surface area contributed by atoms with Gasteiger partial charge in [-0.2, -0.15) is 0 Å². The van der Waals surface area contributed by atoms with Gasteiger partial charge in [0.1, 0.15) is 5.82 Å². The van der Waals surface area contributed by atoms with Gasteiger partial charge in [-0.1, -0.05) is 11.6 Å². The molecular formula is C30H38ClN3O3. The summed E-state index contributed by atoms with van der Waals surface area (Å²) in [5.74, 6) is 2.08. The van der Waals surface area contributed by atoms with Crippen molar-refractivity contribution in [2.75, 3.05) is 38.2 Å². The summed E-state index contributed by atoms with van der Waals surface area (Å²) in [5.41, 5.74) is 1.56. The molecule has 3 aliphatic heterocycles. The molecule has 1 aromatic heterocycles. The summed E-state index contributed by atoms with van der Waals surface area (Å²) >= 11 is 6.80. The first-order valence-corrected chi connectivity index (χ1v) is 14.6. The van der Waals surface area contributed by atoms with Crippen LogP contribution in [0.5, 0.6) is 0 Å². The van der Waals surface area contributed by atoms with Crippen LogP contribution in [0.4, 0.5) is 5.82 Å². The van der Waals surface area contributed by atoms with E-state index in [1.54, 1.807) is 0 Å². The maximum atomic E-state index is 13.0. The number of rotatable bonds is 5. The molecule has 198 valence electrons. The van der Waals surface area contributed by atoms with Gasteiger partial charge in [0.25, 0.3) is 0 Å². The molecule has 3 atom stereocenters. The highest BCUT2D eigenvalue weighted by atomic mass is 35.5. The number of halogens is 1. The van der Waals surface area contributed by atoms with Gasteiger partial charge in [0, 0.05) is 41.3 Å². The van der Waals surface area contributed by atoms with Gasteiger partial charge in [-0.05, 0) is 118 Å². The van der Waals surface area contributed by atoms with Crippen LogP contribution in [0.15, 0.2) is 24.4 Å². The fourth-order valence-corrected chi connectivity index (χ4v) is 7.71. The smallest absolute Gasteiger partial charge is 0.229 e. The number of hydrogen-bond acceptors (Lipinski definition) is 5. The van der Waals surface area contributed by atoms with Gasteiger partial charge < -0.3 is 14.8 Å². The van der Waals surface area contributed by atoms with Crippen LogP contribution in [0.2, 0.25) is 5.02 Å². The Balaban J connectivity index is 1.02. The molecule has 37 heavy (non-hydrogen) atoms. The fraction of sp³-hybridized carbons (Fsp3) is 0.667. The Labute approximate surface area is 224 Å². The first-order chi connectivity index (χ1) is 17.9. The number of ether oxygens (including phenoxy) is 2. The first-order valence-electron chi connectivity index (χ1n) is 14.3. The van der Waals surface area contributed by atoms with Crippen molar-refractivity contribution in [3.8, 4) is 0 Å². The summed E-state index contributed by atoms with van der Waals surface area (Å²) in [4.78, 5) is 20.1. The molecule has 3 saturated heterocycles. The van der Waals surface area contributed by atoms with E-state index in [0.29, 0.717) is 17.8 Å². The third-order valence-electron chi connectivity index (χ3n) is 10.2. The Bertz CT molecular complexity index is 1200. The predicted molar refractivity (Wildman–Crippen MR) is 145 cm³/mol. The van der Waals surface area contributed by atoms with Gasteiger partial charge in [-0.3, -0.25) is 9.69 Å². The number of hydrogen-bond donors (Lipinski definition) is 1. The molecule has 1 aromatic carbocycles. The molecule has 1 spiro atoms. The zero-order valence-corrected chi connectivity index (χ0v) is 22.6. The third-order valence-corrected chi connectivity index (χ3v) is 10.5. The van der Waals surface area contributed by atoms with Gasteiger partial charge in [0.2, 0.25) is 5.91 Å². The van der Waals surface area contributed by atoms with E-state index in [1.807, 2.05) is 18.3 Å². The molecule has 5 fully saturated rings. The van der Waals surface area contributed by atoms with Crippen molar-refractivity contribution < 1.29 is 14.3 Å². The average molecular weight is 524 g/mol. The Morgan fingerprint density at radius 3 is 2.62 bits per heavy atom. The number of amides is 1. The van der Waals surface area contributed by atoms with Gasteiger partial charge in [0.05, 0.1) is 12.7 Å². The van der Waals surface area contributed by atoms with Gasteiger partial charge in [-0.25, -0.2) is 4.98 Å². The molecule has 1 amide bonds. The van der Waals surface area contributed by atoms with E-state index in [9.17, 15) is 4.79 Å². The molecule has 7 heteroatoms. The Hall–Kier alpha value is -1.73. The highest BCUT2D eigenvalue weighted by Crippen LogP contribution is 2.59. The lowest BCUT2D eigenvalue weighted by Crippen LogP contribution is -2.50. The first kappa shape index (κ1) is 24.3. The second-order valence-corrected chi connectivity index (χ2v) is 13.1. The fourth-order valence-electron chi connectivity index (χ4n) is 7.39. The number of benzene rings is 1. The largest absolute Gasteiger partial charge is 0.381 e. The normalized spacial score (nSPS) is 32.2. The number of nitrogens with one attached hydrogen (secondary N) is 1. The zero-order chi connectivity index (χ0) is 25.2. The minimum atomic E-state index is 0.0894. The van der Waals surface area contributed by atoms with Crippen molar-refractivity contribution in [2.24, 2.45) is 17.3 Å². The van der Waals surface area contributed by atoms with Crippen LogP contribution in [0.25, 0.3) is 10.8 Å². The number of likely N-dealkylation sites (tertiary alicyclic amines) is 1. The van der Waals surface area contributed by atoms with Crippen molar-refractivity contribution in [3.63, 3.8) is 0 Å². The molecule has 6 nitrogen and oxygen atoms in total. The van der Waals surface area contributed by atoms with E-state index in [-0.39, 0.29) is 22.8 Å². The summed E-state index contributed by atoms with van der Waals surface area (Å²) < 4.78 is 11.7. The summed E-state index contributed by atoms with van der Waals surface area (Å²) in [6.45, 7) is 6.98. The standard InChI is InChI=1S/C30H38ClN3O3/c1-29(16-26(37-18-29)20-2-3-20)34-8-4-19(5-9-34)23-12-21-14-27(32-17-22(21)13-25(23)31)33-28(35)24-15-30(24)6-10-36-11-7-30/h12-14,17,19-20,24,26H,2-11,15-16,18H2,1H3,(H,32,33,35)/t24-,26+,29+/m0/s1. The van der Waals surface area contributed by atoms with Crippen molar-refractivity contribution in [3.05, 3.63) is 35.0 Å². The molecular weight excluding hydrogens is 486 g/mol. The van der Waals surface area contributed by atoms with Crippen LogP contribution in [0.1, 0.15) is 69.8 Å². The summed E-state index contributed by atoms with van der Waals surface area (Å²) in [6.07, 6.45) is 11.3. The molecule has 2 aliphatic carbocycles. The lowest BCUT2D eigenvalue weighted by atomic mass is 9.85. The molecule has 5 aliphatic rings. The maximum absolute atomic E-state index is 13.0. The van der Waals surface area contributed by atoms with Crippen LogP contribution < -0.4 is 5.32 Å². The van der Waals surface area contributed by atoms with Crippen molar-refractivity contribution in [1.82, 2.24) is 9.88 Å². The molecule has 2 aromatic rings. The van der Waals surface area contributed by atoms with E-state index in [2.05, 4.69) is 28.2 Å². The molecule has 4 heterocycles. The molecule has 0 radical (unpaired) electrons. The number of aromatic nitrogens is 1. The monoisotopic (exact) mass is 523 g/mol. The summed E-state index contributed by atoms with van der Waals surface area (Å²) in [6, 6.07) is 6.29. The minimum Gasteiger partial charge on any atom is -0.381 e. The van der Waals surface area contributed by atoms with Crippen molar-refractivity contribution in [2.45, 2.75) is 75.9 Å². The zero-order valence-electron chi connectivity index (χ0n) is 21.8. The highest BCUT2D eigenvalue weighted by molar-refractivity contribution is 6.32. The van der Waals surface area contributed by atoms with E-state index in [0.717, 1.165) is 86.7 Å². The van der Waals surface area contributed by atoms with Gasteiger partial charge in [0.15, 0.2) is 0 Å². The number of piperidine rings is 1. The number of nitrogens with zero attached hydrogens (tertiary/aromatic N) is 2. The average Bonchev–Trinajstić information content (AvgIpc) is 3.83. The van der Waals surface area contributed by atoms with E-state index < -0.39 is 0 Å². The Morgan fingerprint density at radius 2 is 1.86 bits per heavy atom. The van der Waals surface area contributed by atoms with Crippen LogP contribution in [-0.4, -0.2) is 60.3 Å². The molecule has 0 unspecified atom stereocenters. The second kappa shape index (κ2) is 9.18. The van der Waals surface area contributed by atoms with Crippen molar-refractivity contribution >= 4 is 34.1 Å². The molecule has 1 N–H and O–H groups in total. The van der Waals surface area contributed by atoms with Crippen molar-refractivity contribution in [1.29, 1.82) is 0 Å². The summed E-state index contributed by atoms with van der Waals surface area (Å²) in [7, 11) is 0. The molecule has 7 rings (SSSR count). The van der Waals surface area contributed by atoms with Crippen LogP contribution in [0, 0.1) is 17.3 Å². The van der Waals surface area contributed by atoms with E-state index in [1.165, 1.54) is 24.8 Å². The van der Waals surface area contributed by atoms with Gasteiger partial charge >= 0.3 is 0 Å². The second-order valence-electron chi connectivity index (χ2n) is 12.7.